The Balaban J connectivity index is 1.11. The number of nitrogens with zero attached hydrogens (tertiary/aromatic N) is 5. The van der Waals surface area contributed by atoms with Gasteiger partial charge in [0.05, 0.1) is 5.56 Å². The van der Waals surface area contributed by atoms with Gasteiger partial charge in [-0.05, 0) is 42.5 Å². The molecule has 0 aliphatic rings. The van der Waals surface area contributed by atoms with Gasteiger partial charge in [0.1, 0.15) is 28.0 Å². The number of para-hydroxylation sites is 2. The van der Waals surface area contributed by atoms with Crippen LogP contribution in [0.5, 0.6) is 0 Å². The molecule has 268 valence electrons. The van der Waals surface area contributed by atoms with Crippen LogP contribution in [0.1, 0.15) is 5.69 Å². The molecule has 0 unspecified atom stereocenters. The van der Waals surface area contributed by atoms with Crippen molar-refractivity contribution in [3.63, 3.8) is 0 Å². The van der Waals surface area contributed by atoms with Gasteiger partial charge < -0.3 is 8.83 Å². The molecule has 0 saturated carbocycles. The maximum Gasteiger partial charge on any atom is 0.179 e. The molecule has 57 heavy (non-hydrogen) atoms. The standard InChI is InChI=1S/C49H29N5O2S/c1-2-3-4-8-22-37-45-43(33-18-9-11-23-38(33)55-45)51-48(50-37)35-20-14-24-39-42(35)34-19-13-21-36(44(34)56-39)49-53-46(29-15-6-5-7-16-29)52-47(54-49)30-26-27-32-31-17-10-12-25-40(31)57-41(32)28-30/h2-28H,1H2/b4-3-,22-8+. The summed E-state index contributed by atoms with van der Waals surface area (Å²) in [5.74, 6) is 2.25. The fourth-order valence-electron chi connectivity index (χ4n) is 7.55. The number of rotatable bonds is 7. The second-order valence-electron chi connectivity index (χ2n) is 13.6. The predicted molar refractivity (Wildman–Crippen MR) is 233 cm³/mol. The molecule has 0 amide bonds. The highest BCUT2D eigenvalue weighted by molar-refractivity contribution is 7.25. The van der Waals surface area contributed by atoms with Crippen LogP contribution in [0.4, 0.5) is 0 Å². The summed E-state index contributed by atoms with van der Waals surface area (Å²) in [7, 11) is 0. The van der Waals surface area contributed by atoms with E-state index in [1.807, 2.05) is 109 Å². The van der Waals surface area contributed by atoms with E-state index in [1.54, 1.807) is 17.4 Å². The number of hydrogen-bond donors (Lipinski definition) is 0. The Morgan fingerprint density at radius 2 is 1.16 bits per heavy atom. The van der Waals surface area contributed by atoms with Crippen molar-refractivity contribution in [2.75, 3.05) is 0 Å². The summed E-state index contributed by atoms with van der Waals surface area (Å²) in [4.78, 5) is 25.5. The lowest BCUT2D eigenvalue weighted by Crippen LogP contribution is -2.00. The van der Waals surface area contributed by atoms with Crippen LogP contribution in [0.25, 0.3) is 116 Å². The fraction of sp³-hybridized carbons (Fsp3) is 0. The van der Waals surface area contributed by atoms with Crippen LogP contribution in [-0.2, 0) is 0 Å². The van der Waals surface area contributed by atoms with Crippen LogP contribution in [0.2, 0.25) is 0 Å². The minimum absolute atomic E-state index is 0.518. The third-order valence-electron chi connectivity index (χ3n) is 10.2. The van der Waals surface area contributed by atoms with Crippen molar-refractivity contribution in [2.45, 2.75) is 0 Å². The zero-order valence-corrected chi connectivity index (χ0v) is 31.1. The lowest BCUT2D eigenvalue weighted by atomic mass is 10.0. The molecular weight excluding hydrogens is 723 g/mol. The first-order chi connectivity index (χ1) is 28.2. The van der Waals surface area contributed by atoms with Gasteiger partial charge in [0.2, 0.25) is 0 Å². The molecule has 0 aliphatic heterocycles. The molecule has 0 bridgehead atoms. The average Bonchev–Trinajstić information content (AvgIpc) is 3.96. The normalized spacial score (nSPS) is 12.1. The van der Waals surface area contributed by atoms with Crippen LogP contribution in [0.15, 0.2) is 173 Å². The number of allylic oxidation sites excluding steroid dienone is 4. The molecule has 0 aliphatic carbocycles. The summed E-state index contributed by atoms with van der Waals surface area (Å²) in [6.45, 7) is 3.78. The summed E-state index contributed by atoms with van der Waals surface area (Å²) in [5, 5.41) is 5.19. The monoisotopic (exact) mass is 751 g/mol. The zero-order valence-electron chi connectivity index (χ0n) is 30.3. The van der Waals surface area contributed by atoms with Gasteiger partial charge in [-0.1, -0.05) is 128 Å². The van der Waals surface area contributed by atoms with Crippen molar-refractivity contribution in [1.29, 1.82) is 0 Å². The third kappa shape index (κ3) is 5.53. The Morgan fingerprint density at radius 3 is 2.05 bits per heavy atom. The first kappa shape index (κ1) is 32.8. The van der Waals surface area contributed by atoms with E-state index in [2.05, 4.69) is 55.1 Å². The maximum absolute atomic E-state index is 6.74. The first-order valence-electron chi connectivity index (χ1n) is 18.5. The van der Waals surface area contributed by atoms with Crippen LogP contribution in [0.3, 0.4) is 0 Å². The molecule has 0 N–H and O–H groups in total. The highest BCUT2D eigenvalue weighted by atomic mass is 32.1. The minimum Gasteiger partial charge on any atom is -0.455 e. The van der Waals surface area contributed by atoms with Gasteiger partial charge in [-0.2, -0.15) is 0 Å². The molecule has 6 aromatic carbocycles. The molecule has 0 radical (unpaired) electrons. The molecule has 0 fully saturated rings. The van der Waals surface area contributed by atoms with Gasteiger partial charge in [0.25, 0.3) is 0 Å². The molecule has 8 heteroatoms. The van der Waals surface area contributed by atoms with Crippen molar-refractivity contribution in [1.82, 2.24) is 24.9 Å². The van der Waals surface area contributed by atoms with Crippen molar-refractivity contribution in [2.24, 2.45) is 0 Å². The van der Waals surface area contributed by atoms with Gasteiger partial charge >= 0.3 is 0 Å². The molecule has 5 heterocycles. The number of furan rings is 2. The second-order valence-corrected chi connectivity index (χ2v) is 14.7. The Morgan fingerprint density at radius 1 is 0.474 bits per heavy atom. The summed E-state index contributed by atoms with van der Waals surface area (Å²) in [6.07, 6.45) is 9.37. The highest BCUT2D eigenvalue weighted by Crippen LogP contribution is 2.41. The number of fused-ring (bicyclic) bond motifs is 9. The lowest BCUT2D eigenvalue weighted by Gasteiger charge is -2.09. The Labute approximate surface area is 329 Å². The van der Waals surface area contributed by atoms with Gasteiger partial charge in [0.15, 0.2) is 28.9 Å². The summed E-state index contributed by atoms with van der Waals surface area (Å²) >= 11 is 1.77. The second kappa shape index (κ2) is 13.3. The van der Waals surface area contributed by atoms with E-state index in [-0.39, 0.29) is 0 Å². The molecule has 0 atom stereocenters. The Hall–Kier alpha value is -7.55. The minimum atomic E-state index is 0.518. The van der Waals surface area contributed by atoms with Crippen molar-refractivity contribution >= 4 is 81.6 Å². The SMILES string of the molecule is C=C/C=C\C=C\c1nc(-c2cccc3oc4c(-c5nc(-c6ccccc6)nc(-c6ccc7c(c6)sc6ccccc67)n5)cccc4c23)nc2c1oc1ccccc12. The van der Waals surface area contributed by atoms with E-state index < -0.39 is 0 Å². The molecular formula is C49H29N5O2S. The largest absolute Gasteiger partial charge is 0.455 e. The van der Waals surface area contributed by atoms with Crippen molar-refractivity contribution in [3.05, 3.63) is 170 Å². The van der Waals surface area contributed by atoms with E-state index in [1.165, 1.54) is 20.2 Å². The molecule has 7 nitrogen and oxygen atoms in total. The number of benzene rings is 6. The molecule has 11 rings (SSSR count). The lowest BCUT2D eigenvalue weighted by molar-refractivity contribution is 0.664. The van der Waals surface area contributed by atoms with Crippen LogP contribution >= 0.6 is 11.3 Å². The molecule has 5 aromatic heterocycles. The van der Waals surface area contributed by atoms with E-state index in [0.717, 1.165) is 49.5 Å². The average molecular weight is 752 g/mol. The third-order valence-corrected chi connectivity index (χ3v) is 11.3. The van der Waals surface area contributed by atoms with Gasteiger partial charge in [0, 0.05) is 53.0 Å². The fourth-order valence-corrected chi connectivity index (χ4v) is 8.70. The molecule has 11 aromatic rings. The number of hydrogen-bond acceptors (Lipinski definition) is 8. The maximum atomic E-state index is 6.74. The van der Waals surface area contributed by atoms with Gasteiger partial charge in [-0.3, -0.25) is 0 Å². The Kier molecular flexibility index (Phi) is 7.68. The van der Waals surface area contributed by atoms with E-state index in [9.17, 15) is 0 Å². The summed E-state index contributed by atoms with van der Waals surface area (Å²) in [5.41, 5.74) is 7.57. The highest BCUT2D eigenvalue weighted by Gasteiger charge is 2.22. The van der Waals surface area contributed by atoms with Crippen molar-refractivity contribution < 1.29 is 8.83 Å². The van der Waals surface area contributed by atoms with Gasteiger partial charge in [-0.25, -0.2) is 24.9 Å². The molecule has 0 saturated heterocycles. The molecule has 0 spiro atoms. The van der Waals surface area contributed by atoms with Crippen LogP contribution < -0.4 is 0 Å². The topological polar surface area (TPSA) is 90.7 Å². The van der Waals surface area contributed by atoms with Crippen molar-refractivity contribution in [3.8, 4) is 45.6 Å². The van der Waals surface area contributed by atoms with E-state index >= 15 is 0 Å². The van der Waals surface area contributed by atoms with Crippen LogP contribution in [0, 0.1) is 0 Å². The predicted octanol–water partition coefficient (Wildman–Crippen LogP) is 13.3. The smallest absolute Gasteiger partial charge is 0.179 e. The summed E-state index contributed by atoms with van der Waals surface area (Å²) in [6, 6.07) is 45.0. The van der Waals surface area contributed by atoms with E-state index in [0.29, 0.717) is 45.7 Å². The van der Waals surface area contributed by atoms with Crippen LogP contribution in [-0.4, -0.2) is 24.9 Å². The first-order valence-corrected chi connectivity index (χ1v) is 19.3. The summed E-state index contributed by atoms with van der Waals surface area (Å²) < 4.78 is 15.5. The quantitative estimate of drug-likeness (QED) is 0.150. The van der Waals surface area contributed by atoms with Gasteiger partial charge in [-0.15, -0.1) is 11.3 Å². The number of thiophene rings is 1. The zero-order chi connectivity index (χ0) is 37.9. The van der Waals surface area contributed by atoms with E-state index in [4.69, 9.17) is 33.8 Å². The Bertz CT molecular complexity index is 3450. The number of aromatic nitrogens is 5.